The molecule has 1 saturated heterocycles. The van der Waals surface area contributed by atoms with Crippen LogP contribution in [0.15, 0.2) is 60.9 Å². The molecule has 1 aliphatic rings. The molecule has 0 saturated carbocycles. The molecular formula is C36H38F2N8O4. The number of anilines is 3. The highest BCUT2D eigenvalue weighted by Crippen LogP contribution is 2.32. The maximum absolute atomic E-state index is 15.1. The summed E-state index contributed by atoms with van der Waals surface area (Å²) >= 11 is 0. The van der Waals surface area contributed by atoms with Crippen LogP contribution in [0, 0.1) is 17.6 Å². The zero-order valence-corrected chi connectivity index (χ0v) is 28.5. The second-order valence-corrected chi connectivity index (χ2v) is 13.1. The Balaban J connectivity index is 1.33. The monoisotopic (exact) mass is 684 g/mol. The number of carbonyl (C=O) groups is 2. The molecule has 0 bridgehead atoms. The highest BCUT2D eigenvalue weighted by Gasteiger charge is 2.34. The van der Waals surface area contributed by atoms with Crippen LogP contribution in [-0.4, -0.2) is 66.9 Å². The lowest BCUT2D eigenvalue weighted by molar-refractivity contribution is -0.114. The Morgan fingerprint density at radius 3 is 2.48 bits per heavy atom. The van der Waals surface area contributed by atoms with Gasteiger partial charge in [-0.1, -0.05) is 18.2 Å². The van der Waals surface area contributed by atoms with E-state index in [9.17, 15) is 9.59 Å². The van der Waals surface area contributed by atoms with Crippen LogP contribution in [0.3, 0.4) is 0 Å². The number of hydrogen-bond donors (Lipinski definition) is 2. The summed E-state index contributed by atoms with van der Waals surface area (Å²) in [6.45, 7) is 9.78. The van der Waals surface area contributed by atoms with Gasteiger partial charge in [0.25, 0.3) is 0 Å². The van der Waals surface area contributed by atoms with Crippen molar-refractivity contribution in [3.8, 4) is 17.3 Å². The van der Waals surface area contributed by atoms with E-state index in [2.05, 4.69) is 15.6 Å². The number of hydrogen-bond acceptors (Lipinski definition) is 9. The normalized spacial score (nSPS) is 13.2. The Hall–Kier alpha value is -5.66. The van der Waals surface area contributed by atoms with E-state index in [1.54, 1.807) is 36.4 Å². The minimum Gasteiger partial charge on any atom is -0.494 e. The fourth-order valence-corrected chi connectivity index (χ4v) is 5.70. The first-order valence-corrected chi connectivity index (χ1v) is 16.3. The molecule has 14 heteroatoms. The number of aromatic nitrogens is 5. The van der Waals surface area contributed by atoms with Crippen LogP contribution >= 0.6 is 0 Å². The first-order chi connectivity index (χ1) is 23.9. The highest BCUT2D eigenvalue weighted by molar-refractivity contribution is 5.92. The largest absolute Gasteiger partial charge is 0.494 e. The molecule has 6 rings (SSSR count). The van der Waals surface area contributed by atoms with E-state index in [4.69, 9.17) is 24.5 Å². The number of amides is 2. The smallest absolute Gasteiger partial charge is 0.410 e. The van der Waals surface area contributed by atoms with E-state index in [1.165, 1.54) is 23.7 Å². The standard InChI is InChI=1S/C36H38F2N8O4/c1-6-49-25-15-28(37)27(29(38)16-25)20-46-30-10-8-7-9-26(30)32(44-46)34-40-17-23(13-22-18-45(19-22)35(48)50-36(3,4)5)33(43-34)42-24-11-12-39-31(14-24)41-21(2)47/h7-12,14-17,22H,6,13,18-20H2,1-5H3,(H2,39,40,41,42,43,47). The van der Waals surface area contributed by atoms with Crippen LogP contribution in [0.2, 0.25) is 0 Å². The van der Waals surface area contributed by atoms with Crippen LogP contribution < -0.4 is 15.4 Å². The SMILES string of the molecule is CCOc1cc(F)c(Cn2nc(-c3ncc(CC4CN(C(=O)OC(C)(C)C)C4)c(Nc4ccnc(NC(C)=O)c4)n3)c3ccccc32)c(F)c1. The fraction of sp³-hybridized carbons (Fsp3) is 0.333. The maximum Gasteiger partial charge on any atom is 0.410 e. The van der Waals surface area contributed by atoms with Crippen molar-refractivity contribution >= 4 is 40.2 Å². The molecule has 0 spiro atoms. The van der Waals surface area contributed by atoms with Gasteiger partial charge in [0.1, 0.15) is 40.3 Å². The van der Waals surface area contributed by atoms with Gasteiger partial charge in [-0.25, -0.2) is 28.5 Å². The van der Waals surface area contributed by atoms with Crippen molar-refractivity contribution in [3.63, 3.8) is 0 Å². The molecular weight excluding hydrogens is 646 g/mol. The average Bonchev–Trinajstić information content (AvgIpc) is 3.38. The van der Waals surface area contributed by atoms with Gasteiger partial charge in [0, 0.05) is 72.8 Å². The molecule has 50 heavy (non-hydrogen) atoms. The Bertz CT molecular complexity index is 2030. The zero-order valence-electron chi connectivity index (χ0n) is 28.5. The lowest BCUT2D eigenvalue weighted by atomic mass is 9.93. The van der Waals surface area contributed by atoms with Crippen LogP contribution in [0.1, 0.15) is 45.7 Å². The first-order valence-electron chi connectivity index (χ1n) is 16.3. The molecule has 4 heterocycles. The summed E-state index contributed by atoms with van der Waals surface area (Å²) in [7, 11) is 0. The number of nitrogens with zero attached hydrogens (tertiary/aromatic N) is 6. The van der Waals surface area contributed by atoms with Crippen LogP contribution in [0.5, 0.6) is 5.75 Å². The van der Waals surface area contributed by atoms with Crippen molar-refractivity contribution in [2.75, 3.05) is 30.3 Å². The lowest BCUT2D eigenvalue weighted by Gasteiger charge is -2.40. The molecule has 0 atom stereocenters. The third-order valence-electron chi connectivity index (χ3n) is 7.91. The Kier molecular flexibility index (Phi) is 9.62. The van der Waals surface area contributed by atoms with Crippen LogP contribution in [0.25, 0.3) is 22.4 Å². The average molecular weight is 685 g/mol. The van der Waals surface area contributed by atoms with Crippen molar-refractivity contribution in [1.82, 2.24) is 29.6 Å². The molecule has 260 valence electrons. The molecule has 0 radical (unpaired) electrons. The van der Waals surface area contributed by atoms with E-state index in [0.717, 1.165) is 5.56 Å². The van der Waals surface area contributed by atoms with Gasteiger partial charge in [-0.2, -0.15) is 5.10 Å². The third-order valence-corrected chi connectivity index (χ3v) is 7.91. The van der Waals surface area contributed by atoms with Crippen molar-refractivity contribution in [3.05, 3.63) is 83.7 Å². The minimum absolute atomic E-state index is 0.114. The van der Waals surface area contributed by atoms with E-state index in [0.29, 0.717) is 59.3 Å². The summed E-state index contributed by atoms with van der Waals surface area (Å²) in [5, 5.41) is 11.5. The Morgan fingerprint density at radius 1 is 1.04 bits per heavy atom. The molecule has 1 aliphatic heterocycles. The number of carbonyl (C=O) groups excluding carboxylic acids is 2. The van der Waals surface area contributed by atoms with Gasteiger partial charge in [-0.05, 0) is 52.2 Å². The second kappa shape index (κ2) is 14.1. The van der Waals surface area contributed by atoms with Crippen molar-refractivity contribution < 1.29 is 27.8 Å². The van der Waals surface area contributed by atoms with Crippen molar-refractivity contribution in [2.45, 2.75) is 53.2 Å². The topological polar surface area (TPSA) is 136 Å². The molecule has 5 aromatic rings. The summed E-state index contributed by atoms with van der Waals surface area (Å²) in [5.74, 6) is -0.326. The van der Waals surface area contributed by atoms with Gasteiger partial charge in [-0.15, -0.1) is 0 Å². The number of fused-ring (bicyclic) bond motifs is 1. The summed E-state index contributed by atoms with van der Waals surface area (Å²) in [4.78, 5) is 39.7. The van der Waals surface area contributed by atoms with E-state index in [-0.39, 0.29) is 42.4 Å². The van der Waals surface area contributed by atoms with E-state index in [1.807, 2.05) is 45.0 Å². The molecule has 2 aromatic carbocycles. The van der Waals surface area contributed by atoms with E-state index >= 15 is 8.78 Å². The van der Waals surface area contributed by atoms with E-state index < -0.39 is 17.2 Å². The second-order valence-electron chi connectivity index (χ2n) is 13.1. The summed E-state index contributed by atoms with van der Waals surface area (Å²) in [5.41, 5.74) is 1.74. The number of pyridine rings is 1. The maximum atomic E-state index is 15.1. The zero-order chi connectivity index (χ0) is 35.6. The first kappa shape index (κ1) is 34.2. The Labute approximate surface area is 287 Å². The molecule has 1 fully saturated rings. The summed E-state index contributed by atoms with van der Waals surface area (Å²) < 4.78 is 42.5. The summed E-state index contributed by atoms with van der Waals surface area (Å²) in [6.07, 6.45) is 3.50. The molecule has 3 aromatic heterocycles. The highest BCUT2D eigenvalue weighted by atomic mass is 19.1. The minimum atomic E-state index is -0.737. The number of ether oxygens (including phenoxy) is 2. The summed E-state index contributed by atoms with van der Waals surface area (Å²) in [6, 6.07) is 13.1. The van der Waals surface area contributed by atoms with Gasteiger partial charge in [-0.3, -0.25) is 9.48 Å². The molecule has 12 nitrogen and oxygen atoms in total. The van der Waals surface area contributed by atoms with Gasteiger partial charge in [0.2, 0.25) is 5.91 Å². The number of halogens is 2. The lowest BCUT2D eigenvalue weighted by Crippen LogP contribution is -2.52. The third kappa shape index (κ3) is 7.80. The van der Waals surface area contributed by atoms with Crippen LogP contribution in [-0.2, 0) is 22.5 Å². The number of rotatable bonds is 10. The molecule has 2 amide bonds. The number of benzene rings is 2. The predicted molar refractivity (Wildman–Crippen MR) is 184 cm³/mol. The fourth-order valence-electron chi connectivity index (χ4n) is 5.70. The van der Waals surface area contributed by atoms with Crippen molar-refractivity contribution in [1.29, 1.82) is 0 Å². The van der Waals surface area contributed by atoms with Crippen LogP contribution in [0.4, 0.5) is 30.9 Å². The molecule has 2 N–H and O–H groups in total. The van der Waals surface area contributed by atoms with Gasteiger partial charge in [0.15, 0.2) is 5.82 Å². The Morgan fingerprint density at radius 2 is 1.78 bits per heavy atom. The number of para-hydroxylation sites is 1. The van der Waals surface area contributed by atoms with Gasteiger partial charge >= 0.3 is 6.09 Å². The molecule has 0 unspecified atom stereocenters. The van der Waals surface area contributed by atoms with Gasteiger partial charge < -0.3 is 25.0 Å². The molecule has 0 aliphatic carbocycles. The quantitative estimate of drug-likeness (QED) is 0.164. The van der Waals surface area contributed by atoms with Gasteiger partial charge in [0.05, 0.1) is 18.7 Å². The van der Waals surface area contributed by atoms with Crippen molar-refractivity contribution in [2.24, 2.45) is 5.92 Å². The number of nitrogens with one attached hydrogen (secondary N) is 2. The number of likely N-dealkylation sites (tertiary alicyclic amines) is 1. The predicted octanol–water partition coefficient (Wildman–Crippen LogP) is 6.72.